The first kappa shape index (κ1) is 24.6. The Hall–Kier alpha value is -4.00. The summed E-state index contributed by atoms with van der Waals surface area (Å²) in [5.74, 6) is -1.66. The molecule has 1 amide bonds. The van der Waals surface area contributed by atoms with E-state index in [0.717, 1.165) is 11.3 Å². The summed E-state index contributed by atoms with van der Waals surface area (Å²) in [7, 11) is 1.43. The van der Waals surface area contributed by atoms with Crippen LogP contribution in [0.5, 0.6) is 0 Å². The van der Waals surface area contributed by atoms with Gasteiger partial charge in [-0.1, -0.05) is 13.3 Å². The van der Waals surface area contributed by atoms with Crippen molar-refractivity contribution >= 4 is 29.0 Å². The summed E-state index contributed by atoms with van der Waals surface area (Å²) in [6.45, 7) is 3.18. The van der Waals surface area contributed by atoms with E-state index in [4.69, 9.17) is 15.2 Å². The van der Waals surface area contributed by atoms with Crippen molar-refractivity contribution in [3.05, 3.63) is 50.6 Å². The average Bonchev–Trinajstić information content (AvgIpc) is 3.14. The highest BCUT2D eigenvalue weighted by Crippen LogP contribution is 2.18. The smallest absolute Gasteiger partial charge is 0.344 e. The van der Waals surface area contributed by atoms with Gasteiger partial charge < -0.3 is 15.2 Å². The molecular weight excluding hydrogens is 446 g/mol. The van der Waals surface area contributed by atoms with E-state index in [1.165, 1.54) is 22.4 Å². The van der Waals surface area contributed by atoms with Crippen LogP contribution in [0.2, 0.25) is 0 Å². The number of amides is 1. The summed E-state index contributed by atoms with van der Waals surface area (Å²) in [4.78, 5) is 58.0. The van der Waals surface area contributed by atoms with Crippen molar-refractivity contribution in [2.24, 2.45) is 0 Å². The van der Waals surface area contributed by atoms with E-state index in [-0.39, 0.29) is 42.4 Å². The molecule has 0 radical (unpaired) electrons. The van der Waals surface area contributed by atoms with Crippen LogP contribution in [0.15, 0.2) is 28.0 Å². The van der Waals surface area contributed by atoms with E-state index >= 15 is 0 Å². The summed E-state index contributed by atoms with van der Waals surface area (Å²) in [6.07, 6.45) is 4.58. The number of nitrogens with one attached hydrogen (secondary N) is 1. The van der Waals surface area contributed by atoms with Crippen LogP contribution in [-0.4, -0.2) is 62.9 Å². The molecule has 0 fully saturated rings. The zero-order valence-electron chi connectivity index (χ0n) is 19.2. The molecule has 0 atom stereocenters. The Morgan fingerprint density at radius 3 is 2.76 bits per heavy atom. The number of aryl methyl sites for hydroxylation is 1. The summed E-state index contributed by atoms with van der Waals surface area (Å²) in [5, 5.41) is 4.20. The van der Waals surface area contributed by atoms with Gasteiger partial charge in [-0.05, 0) is 19.4 Å². The van der Waals surface area contributed by atoms with Gasteiger partial charge in [0.25, 0.3) is 11.5 Å². The number of hydrogen-bond acceptors (Lipinski definition) is 9. The normalized spacial score (nSPS) is 11.0. The fourth-order valence-corrected chi connectivity index (χ4v) is 3.43. The summed E-state index contributed by atoms with van der Waals surface area (Å²) in [6, 6.07) is 1.66. The van der Waals surface area contributed by atoms with Gasteiger partial charge in [-0.15, -0.1) is 0 Å². The fraction of sp³-hybridized carbons (Fsp3) is 0.429. The van der Waals surface area contributed by atoms with E-state index in [2.05, 4.69) is 15.1 Å². The van der Waals surface area contributed by atoms with Gasteiger partial charge in [-0.2, -0.15) is 5.10 Å². The van der Waals surface area contributed by atoms with Gasteiger partial charge in [0.15, 0.2) is 17.9 Å². The molecule has 3 aromatic rings. The van der Waals surface area contributed by atoms with Crippen LogP contribution in [-0.2, 0) is 20.8 Å². The van der Waals surface area contributed by atoms with Gasteiger partial charge in [0.05, 0.1) is 12.3 Å². The molecule has 3 heterocycles. The van der Waals surface area contributed by atoms with Crippen molar-refractivity contribution in [1.29, 1.82) is 0 Å². The molecule has 3 N–H and O–H groups in total. The Balaban J connectivity index is 1.88. The van der Waals surface area contributed by atoms with Gasteiger partial charge in [0.1, 0.15) is 11.4 Å². The first-order valence-corrected chi connectivity index (χ1v) is 10.7. The Kier molecular flexibility index (Phi) is 7.79. The molecule has 0 saturated heterocycles. The fourth-order valence-electron chi connectivity index (χ4n) is 3.43. The molecule has 0 aliphatic rings. The van der Waals surface area contributed by atoms with Crippen LogP contribution >= 0.6 is 0 Å². The number of aromatic amines is 1. The zero-order chi connectivity index (χ0) is 24.8. The first-order valence-electron chi connectivity index (χ1n) is 10.7. The predicted molar refractivity (Wildman–Crippen MR) is 123 cm³/mol. The van der Waals surface area contributed by atoms with Crippen molar-refractivity contribution in [1.82, 2.24) is 24.1 Å². The lowest BCUT2D eigenvalue weighted by Gasteiger charge is -2.24. The summed E-state index contributed by atoms with van der Waals surface area (Å²) in [5.41, 5.74) is 5.24. The lowest BCUT2D eigenvalue weighted by Crippen LogP contribution is -2.44. The molecule has 0 aliphatic heterocycles. The van der Waals surface area contributed by atoms with Crippen LogP contribution < -0.4 is 21.9 Å². The predicted octanol–water partition coefficient (Wildman–Crippen LogP) is 0.106. The maximum atomic E-state index is 13.0. The first-order chi connectivity index (χ1) is 16.3. The third-order valence-electron chi connectivity index (χ3n) is 5.14. The molecule has 0 aliphatic carbocycles. The van der Waals surface area contributed by atoms with Crippen molar-refractivity contribution < 1.29 is 19.1 Å². The summed E-state index contributed by atoms with van der Waals surface area (Å²) >= 11 is 0. The minimum atomic E-state index is -0.825. The molecule has 0 spiro atoms. The minimum absolute atomic E-state index is 0.0521. The number of fused-ring (bicyclic) bond motifs is 1. The second-order valence-electron chi connectivity index (χ2n) is 7.46. The van der Waals surface area contributed by atoms with Gasteiger partial charge in [-0.3, -0.25) is 24.0 Å². The Labute approximate surface area is 194 Å². The van der Waals surface area contributed by atoms with Crippen LogP contribution in [0.1, 0.15) is 35.8 Å². The molecule has 3 aromatic heterocycles. The summed E-state index contributed by atoms with van der Waals surface area (Å²) < 4.78 is 12.9. The van der Waals surface area contributed by atoms with Gasteiger partial charge in [0, 0.05) is 32.6 Å². The quantitative estimate of drug-likeness (QED) is 0.388. The Morgan fingerprint density at radius 2 is 2.06 bits per heavy atom. The monoisotopic (exact) mass is 473 g/mol. The number of hydrogen-bond donors (Lipinski definition) is 2. The zero-order valence-corrected chi connectivity index (χ0v) is 19.2. The molecule has 0 bridgehead atoms. The molecule has 3 rings (SSSR count). The molecule has 0 saturated carbocycles. The average molecular weight is 473 g/mol. The molecule has 13 nitrogen and oxygen atoms in total. The number of methoxy groups -OCH3 is 1. The van der Waals surface area contributed by atoms with Gasteiger partial charge in [-0.25, -0.2) is 19.1 Å². The van der Waals surface area contributed by atoms with Gasteiger partial charge >= 0.3 is 11.7 Å². The number of esters is 1. The molecule has 13 heteroatoms. The molecule has 0 unspecified atom stereocenters. The number of carbonyl (C=O) groups is 2. The highest BCUT2D eigenvalue weighted by atomic mass is 16.5. The number of aromatic nitrogens is 5. The maximum absolute atomic E-state index is 13.0. The Bertz CT molecular complexity index is 1310. The SMILES string of the molecule is CCCCn1c(N)c(N(CCOC)C(=O)COC(=O)c2c(C)nn3cccnc23)c(=O)[nH]c1=O. The van der Waals surface area contributed by atoms with E-state index in [1.54, 1.807) is 19.2 Å². The van der Waals surface area contributed by atoms with Crippen LogP contribution in [0.3, 0.4) is 0 Å². The van der Waals surface area contributed by atoms with E-state index in [9.17, 15) is 19.2 Å². The number of H-pyrrole nitrogens is 1. The van der Waals surface area contributed by atoms with Crippen molar-refractivity contribution in [3.8, 4) is 0 Å². The molecule has 34 heavy (non-hydrogen) atoms. The largest absolute Gasteiger partial charge is 0.452 e. The second-order valence-corrected chi connectivity index (χ2v) is 7.46. The van der Waals surface area contributed by atoms with Crippen molar-refractivity contribution in [2.45, 2.75) is 33.2 Å². The number of nitrogens with zero attached hydrogens (tertiary/aromatic N) is 5. The number of ether oxygens (including phenoxy) is 2. The van der Waals surface area contributed by atoms with Gasteiger partial charge in [0.2, 0.25) is 0 Å². The van der Waals surface area contributed by atoms with Crippen LogP contribution in [0.4, 0.5) is 11.5 Å². The third kappa shape index (κ3) is 4.98. The van der Waals surface area contributed by atoms with Crippen LogP contribution in [0.25, 0.3) is 5.65 Å². The Morgan fingerprint density at radius 1 is 1.29 bits per heavy atom. The topological polar surface area (TPSA) is 167 Å². The minimum Gasteiger partial charge on any atom is -0.452 e. The second kappa shape index (κ2) is 10.7. The lowest BCUT2D eigenvalue weighted by atomic mass is 10.2. The lowest BCUT2D eigenvalue weighted by molar-refractivity contribution is -0.121. The molecule has 182 valence electrons. The number of nitrogen functional groups attached to an aromatic ring is 1. The highest BCUT2D eigenvalue weighted by Gasteiger charge is 2.26. The number of anilines is 2. The molecule has 0 aromatic carbocycles. The van der Waals surface area contributed by atoms with Crippen molar-refractivity contribution in [2.75, 3.05) is 37.5 Å². The number of carbonyl (C=O) groups excluding carboxylic acids is 2. The highest BCUT2D eigenvalue weighted by molar-refractivity contribution is 6.01. The standard InChI is InChI=1S/C21H27N7O6/c1-4-5-8-27-17(22)16(19(30)24-21(27)32)26(10-11-33-3)14(29)12-34-20(31)15-13(2)25-28-9-6-7-23-18(15)28/h6-7,9H,4-5,8,10-12,22H2,1-3H3,(H,24,30,32). The number of rotatable bonds is 10. The van der Waals surface area contributed by atoms with Crippen LogP contribution in [0, 0.1) is 6.92 Å². The number of nitrogens with two attached hydrogens (primary N) is 1. The molecular formula is C21H27N7O6. The van der Waals surface area contributed by atoms with Crippen molar-refractivity contribution in [3.63, 3.8) is 0 Å². The van der Waals surface area contributed by atoms with E-state index in [0.29, 0.717) is 12.1 Å². The van der Waals surface area contributed by atoms with E-state index in [1.807, 2.05) is 6.92 Å². The third-order valence-corrected chi connectivity index (χ3v) is 5.14. The maximum Gasteiger partial charge on any atom is 0.344 e. The number of unbranched alkanes of at least 4 members (excludes halogenated alkanes) is 1. The van der Waals surface area contributed by atoms with E-state index < -0.39 is 29.7 Å².